The Morgan fingerprint density at radius 1 is 1.06 bits per heavy atom. The van der Waals surface area contributed by atoms with Crippen LogP contribution in [-0.4, -0.2) is 29.3 Å². The van der Waals surface area contributed by atoms with E-state index in [1.165, 1.54) is 11.3 Å². The van der Waals surface area contributed by atoms with Crippen molar-refractivity contribution in [3.8, 4) is 5.75 Å². The molecule has 0 radical (unpaired) electrons. The summed E-state index contributed by atoms with van der Waals surface area (Å²) >= 11 is 13.4. The molecule has 1 unspecified atom stereocenters. The predicted octanol–water partition coefficient (Wildman–Crippen LogP) is 6.60. The first-order chi connectivity index (χ1) is 16.9. The molecule has 1 aliphatic carbocycles. The number of aryl methyl sites for hydroxylation is 1. The van der Waals surface area contributed by atoms with Crippen LogP contribution in [0.4, 0.5) is 5.69 Å². The van der Waals surface area contributed by atoms with Crippen LogP contribution < -0.4 is 15.0 Å². The Balaban J connectivity index is 1.81. The second-order valence-electron chi connectivity index (χ2n) is 8.65. The number of methoxy groups -OCH3 is 1. The molecular weight excluding hydrogens is 505 g/mol. The van der Waals surface area contributed by atoms with Crippen molar-refractivity contribution in [2.75, 3.05) is 12.0 Å². The summed E-state index contributed by atoms with van der Waals surface area (Å²) in [5.74, 6) is -0.121. The Morgan fingerprint density at radius 2 is 1.71 bits per heavy atom. The molecule has 0 saturated heterocycles. The molecule has 0 bridgehead atoms. The van der Waals surface area contributed by atoms with Gasteiger partial charge < -0.3 is 10.1 Å². The zero-order valence-electron chi connectivity index (χ0n) is 19.6. The highest BCUT2D eigenvalue weighted by Crippen LogP contribution is 2.36. The van der Waals surface area contributed by atoms with Gasteiger partial charge in [-0.3, -0.25) is 14.5 Å². The lowest BCUT2D eigenvalue weighted by Gasteiger charge is -2.33. The van der Waals surface area contributed by atoms with Gasteiger partial charge in [-0.2, -0.15) is 4.37 Å². The molecule has 0 aliphatic heterocycles. The van der Waals surface area contributed by atoms with E-state index >= 15 is 0 Å². The zero-order valence-corrected chi connectivity index (χ0v) is 21.9. The highest BCUT2D eigenvalue weighted by atomic mass is 35.5. The van der Waals surface area contributed by atoms with Crippen molar-refractivity contribution in [1.29, 1.82) is 0 Å². The van der Waals surface area contributed by atoms with Gasteiger partial charge in [-0.1, -0.05) is 72.3 Å². The number of amides is 2. The van der Waals surface area contributed by atoms with Crippen LogP contribution in [0.1, 0.15) is 59.8 Å². The van der Waals surface area contributed by atoms with Gasteiger partial charge in [0.1, 0.15) is 21.2 Å². The van der Waals surface area contributed by atoms with Crippen molar-refractivity contribution in [2.24, 2.45) is 0 Å². The lowest BCUT2D eigenvalue weighted by Crippen LogP contribution is -2.47. The van der Waals surface area contributed by atoms with Crippen LogP contribution in [0.3, 0.4) is 0 Å². The minimum Gasteiger partial charge on any atom is -0.497 e. The molecule has 2 aromatic carbocycles. The number of hydrogen-bond donors (Lipinski definition) is 1. The number of aromatic nitrogens is 1. The third-order valence-electron chi connectivity index (χ3n) is 6.22. The van der Waals surface area contributed by atoms with Crippen molar-refractivity contribution in [3.63, 3.8) is 0 Å². The summed E-state index contributed by atoms with van der Waals surface area (Å²) in [6.07, 6.45) is 5.18. The Labute approximate surface area is 219 Å². The van der Waals surface area contributed by atoms with E-state index in [4.69, 9.17) is 27.9 Å². The molecule has 0 spiro atoms. The van der Waals surface area contributed by atoms with Gasteiger partial charge in [0.2, 0.25) is 5.91 Å². The second kappa shape index (κ2) is 11.4. The van der Waals surface area contributed by atoms with Crippen LogP contribution in [0.5, 0.6) is 5.75 Å². The molecule has 1 heterocycles. The second-order valence-corrected chi connectivity index (χ2v) is 10.4. The largest absolute Gasteiger partial charge is 0.497 e. The fourth-order valence-electron chi connectivity index (χ4n) is 4.33. The lowest BCUT2D eigenvalue weighted by molar-refractivity contribution is -0.123. The fraction of sp³-hybridized carbons (Fsp3) is 0.346. The lowest BCUT2D eigenvalue weighted by atomic mass is 9.94. The predicted molar refractivity (Wildman–Crippen MR) is 141 cm³/mol. The number of benzene rings is 2. The maximum Gasteiger partial charge on any atom is 0.280 e. The van der Waals surface area contributed by atoms with Crippen LogP contribution >= 0.6 is 34.7 Å². The zero-order chi connectivity index (χ0) is 24.9. The maximum atomic E-state index is 13.9. The Hall–Kier alpha value is -2.61. The van der Waals surface area contributed by atoms with Gasteiger partial charge in [0.25, 0.3) is 5.91 Å². The molecule has 184 valence electrons. The fourth-order valence-corrected chi connectivity index (χ4v) is 5.31. The number of nitrogens with one attached hydrogen (secondary N) is 1. The Morgan fingerprint density at radius 3 is 2.29 bits per heavy atom. The van der Waals surface area contributed by atoms with E-state index in [0.29, 0.717) is 17.0 Å². The molecule has 35 heavy (non-hydrogen) atoms. The number of nitrogens with zero attached hydrogens (tertiary/aromatic N) is 2. The monoisotopic (exact) mass is 531 g/mol. The van der Waals surface area contributed by atoms with Crippen molar-refractivity contribution in [2.45, 2.75) is 51.1 Å². The van der Waals surface area contributed by atoms with E-state index in [2.05, 4.69) is 9.69 Å². The molecule has 4 rings (SSSR count). The van der Waals surface area contributed by atoms with Crippen LogP contribution in [0.2, 0.25) is 9.36 Å². The first-order valence-electron chi connectivity index (χ1n) is 11.5. The topological polar surface area (TPSA) is 71.5 Å². The molecule has 1 aromatic heterocycles. The highest BCUT2D eigenvalue weighted by molar-refractivity contribution is 7.11. The summed E-state index contributed by atoms with van der Waals surface area (Å²) < 4.78 is 9.71. The molecule has 1 aliphatic rings. The molecule has 6 nitrogen and oxygen atoms in total. The molecule has 1 saturated carbocycles. The smallest absolute Gasteiger partial charge is 0.280 e. The number of hydrogen-bond acceptors (Lipinski definition) is 5. The van der Waals surface area contributed by atoms with Crippen LogP contribution in [0.25, 0.3) is 0 Å². The Bertz CT molecular complexity index is 1180. The Kier molecular flexibility index (Phi) is 8.31. The minimum absolute atomic E-state index is 0.0139. The number of carbonyl (C=O) groups excluding carboxylic acids is 2. The number of rotatable bonds is 7. The summed E-state index contributed by atoms with van der Waals surface area (Å²) in [6, 6.07) is 13.7. The first kappa shape index (κ1) is 25.5. The molecule has 1 atom stereocenters. The third-order valence-corrected chi connectivity index (χ3v) is 7.83. The number of ether oxygens (including phenoxy) is 1. The van der Waals surface area contributed by atoms with Gasteiger partial charge in [-0.05, 0) is 61.1 Å². The van der Waals surface area contributed by atoms with Crippen molar-refractivity contribution < 1.29 is 14.3 Å². The van der Waals surface area contributed by atoms with Crippen molar-refractivity contribution in [3.05, 3.63) is 74.7 Å². The van der Waals surface area contributed by atoms with Gasteiger partial charge in [0.15, 0.2) is 5.69 Å². The quantitative estimate of drug-likeness (QED) is 0.372. The van der Waals surface area contributed by atoms with Gasteiger partial charge in [-0.25, -0.2) is 0 Å². The first-order valence-corrected chi connectivity index (χ1v) is 13.1. The molecular formula is C26H27Cl2N3O3S. The summed E-state index contributed by atoms with van der Waals surface area (Å²) in [7, 11) is 1.57. The molecule has 3 aromatic rings. The average molecular weight is 532 g/mol. The van der Waals surface area contributed by atoms with Gasteiger partial charge in [0, 0.05) is 11.7 Å². The summed E-state index contributed by atoms with van der Waals surface area (Å²) in [5.41, 5.74) is 2.27. The summed E-state index contributed by atoms with van der Waals surface area (Å²) in [6.45, 7) is 1.98. The SMILES string of the molecule is COc1ccc(N(C(=O)c2nsc(Cl)c2Cl)C(C(=O)NC2CCCCC2)c2ccc(C)cc2)cc1. The van der Waals surface area contributed by atoms with E-state index in [9.17, 15) is 9.59 Å². The third kappa shape index (κ3) is 5.80. The van der Waals surface area contributed by atoms with Gasteiger partial charge >= 0.3 is 0 Å². The van der Waals surface area contributed by atoms with E-state index in [-0.39, 0.29) is 27.0 Å². The molecule has 9 heteroatoms. The maximum absolute atomic E-state index is 13.9. The summed E-state index contributed by atoms with van der Waals surface area (Å²) in [5, 5.41) is 3.28. The molecule has 2 amide bonds. The van der Waals surface area contributed by atoms with Crippen LogP contribution in [-0.2, 0) is 4.79 Å². The average Bonchev–Trinajstić information content (AvgIpc) is 3.21. The van der Waals surface area contributed by atoms with Crippen molar-refractivity contribution >= 4 is 52.2 Å². The minimum atomic E-state index is -0.935. The normalized spacial score (nSPS) is 14.9. The van der Waals surface area contributed by atoms with Crippen molar-refractivity contribution in [1.82, 2.24) is 9.69 Å². The van der Waals surface area contributed by atoms with E-state index in [1.54, 1.807) is 31.4 Å². The van der Waals surface area contributed by atoms with Crippen LogP contribution in [0.15, 0.2) is 48.5 Å². The molecule has 1 N–H and O–H groups in total. The van der Waals surface area contributed by atoms with Gasteiger partial charge in [-0.15, -0.1) is 0 Å². The number of anilines is 1. The molecule has 1 fully saturated rings. The standard InChI is InChI=1S/C26H27Cl2N3O3S/c1-16-8-10-17(11-9-16)23(25(32)29-18-6-4-3-5-7-18)31(19-12-14-20(34-2)15-13-19)26(33)22-21(27)24(28)35-30-22/h8-15,18,23H,3-7H2,1-2H3,(H,29,32). The van der Waals surface area contributed by atoms with Crippen LogP contribution in [0, 0.1) is 6.92 Å². The number of carbonyl (C=O) groups is 2. The number of halogens is 2. The highest BCUT2D eigenvalue weighted by Gasteiger charge is 2.36. The summed E-state index contributed by atoms with van der Waals surface area (Å²) in [4.78, 5) is 29.2. The van der Waals surface area contributed by atoms with E-state index < -0.39 is 11.9 Å². The van der Waals surface area contributed by atoms with E-state index in [0.717, 1.165) is 42.8 Å². The van der Waals surface area contributed by atoms with E-state index in [1.807, 2.05) is 31.2 Å². The van der Waals surface area contributed by atoms with Gasteiger partial charge in [0.05, 0.1) is 7.11 Å².